The summed E-state index contributed by atoms with van der Waals surface area (Å²) in [7, 11) is 1.70. The third-order valence-electron chi connectivity index (χ3n) is 4.74. The first-order chi connectivity index (χ1) is 12.2. The van der Waals surface area contributed by atoms with E-state index in [1.54, 1.807) is 7.11 Å². The molecule has 0 atom stereocenters. The van der Waals surface area contributed by atoms with E-state index in [9.17, 15) is 0 Å². The normalized spacial score (nSPS) is 11.2. The van der Waals surface area contributed by atoms with Crippen molar-refractivity contribution >= 4 is 11.0 Å². The van der Waals surface area contributed by atoms with E-state index in [2.05, 4.69) is 53.0 Å². The minimum atomic E-state index is 0.912. The van der Waals surface area contributed by atoms with Gasteiger partial charge in [-0.05, 0) is 80.7 Å². The van der Waals surface area contributed by atoms with Gasteiger partial charge in [0.15, 0.2) is 0 Å². The molecule has 0 saturated heterocycles. The number of fused-ring (bicyclic) bond motifs is 1. The third kappa shape index (κ3) is 4.40. The highest BCUT2D eigenvalue weighted by Gasteiger charge is 2.04. The largest absolute Gasteiger partial charge is 0.497 e. The highest BCUT2D eigenvalue weighted by molar-refractivity contribution is 5.77. The van der Waals surface area contributed by atoms with Crippen LogP contribution in [0.15, 0.2) is 42.7 Å². The van der Waals surface area contributed by atoms with Crippen molar-refractivity contribution in [1.82, 2.24) is 14.9 Å². The topological polar surface area (TPSA) is 39.1 Å². The Morgan fingerprint density at radius 3 is 2.56 bits per heavy atom. The molecule has 25 heavy (non-hydrogen) atoms. The lowest BCUT2D eigenvalue weighted by atomic mass is 10.1. The number of methoxy groups -OCH3 is 1. The van der Waals surface area contributed by atoms with Crippen molar-refractivity contribution in [1.29, 1.82) is 0 Å². The van der Waals surface area contributed by atoms with Crippen LogP contribution >= 0.6 is 0 Å². The van der Waals surface area contributed by atoms with Crippen molar-refractivity contribution in [2.75, 3.05) is 20.2 Å². The summed E-state index contributed by atoms with van der Waals surface area (Å²) in [5, 5.41) is 3.53. The van der Waals surface area contributed by atoms with E-state index in [1.807, 2.05) is 18.5 Å². The molecule has 0 bridgehead atoms. The second-order valence-electron chi connectivity index (χ2n) is 6.56. The highest BCUT2D eigenvalue weighted by atomic mass is 16.5. The summed E-state index contributed by atoms with van der Waals surface area (Å²) in [5.41, 5.74) is 6.29. The maximum atomic E-state index is 5.18. The smallest absolute Gasteiger partial charge is 0.118 e. The number of rotatable bonds is 8. The number of nitrogens with zero attached hydrogens (tertiary/aromatic N) is 2. The molecule has 4 heteroatoms. The number of aryl methyl sites for hydroxylation is 3. The molecule has 3 aromatic rings. The van der Waals surface area contributed by atoms with Crippen molar-refractivity contribution in [3.63, 3.8) is 0 Å². The molecule has 1 N–H and O–H groups in total. The molecule has 0 fully saturated rings. The standard InChI is InChI=1S/C21H27N3O/c1-16-13-20-21(14-17(16)2)24(15-23-20)12-4-10-22-11-9-18-5-7-19(25-3)8-6-18/h5-8,13-15,22H,4,9-12H2,1-3H3. The Balaban J connectivity index is 1.42. The van der Waals surface area contributed by atoms with Crippen molar-refractivity contribution in [2.24, 2.45) is 0 Å². The number of benzene rings is 2. The van der Waals surface area contributed by atoms with E-state index >= 15 is 0 Å². The van der Waals surface area contributed by atoms with E-state index in [1.165, 1.54) is 22.2 Å². The van der Waals surface area contributed by atoms with Crippen LogP contribution in [0.25, 0.3) is 11.0 Å². The monoisotopic (exact) mass is 337 g/mol. The van der Waals surface area contributed by atoms with E-state index in [-0.39, 0.29) is 0 Å². The Labute approximate surface area is 149 Å². The zero-order valence-corrected chi connectivity index (χ0v) is 15.4. The number of hydrogen-bond acceptors (Lipinski definition) is 3. The van der Waals surface area contributed by atoms with Gasteiger partial charge < -0.3 is 14.6 Å². The molecule has 2 aromatic carbocycles. The van der Waals surface area contributed by atoms with Gasteiger partial charge >= 0.3 is 0 Å². The van der Waals surface area contributed by atoms with Crippen LogP contribution in [-0.4, -0.2) is 29.8 Å². The van der Waals surface area contributed by atoms with Crippen molar-refractivity contribution < 1.29 is 4.74 Å². The lowest BCUT2D eigenvalue weighted by molar-refractivity contribution is 0.414. The van der Waals surface area contributed by atoms with Crippen molar-refractivity contribution in [2.45, 2.75) is 33.2 Å². The predicted molar refractivity (Wildman–Crippen MR) is 103 cm³/mol. The highest BCUT2D eigenvalue weighted by Crippen LogP contribution is 2.18. The van der Waals surface area contributed by atoms with Gasteiger partial charge in [0.25, 0.3) is 0 Å². The Hall–Kier alpha value is -2.33. The first-order valence-corrected chi connectivity index (χ1v) is 8.93. The van der Waals surface area contributed by atoms with Gasteiger partial charge in [-0.25, -0.2) is 4.98 Å². The van der Waals surface area contributed by atoms with Crippen LogP contribution in [0.2, 0.25) is 0 Å². The number of hydrogen-bond donors (Lipinski definition) is 1. The van der Waals surface area contributed by atoms with Crippen molar-refractivity contribution in [3.05, 3.63) is 59.4 Å². The summed E-state index contributed by atoms with van der Waals surface area (Å²) in [5.74, 6) is 0.912. The minimum absolute atomic E-state index is 0.912. The van der Waals surface area contributed by atoms with Crippen LogP contribution in [0, 0.1) is 13.8 Å². The summed E-state index contributed by atoms with van der Waals surface area (Å²) in [4.78, 5) is 4.52. The lowest BCUT2D eigenvalue weighted by Gasteiger charge is -2.08. The fraction of sp³-hybridized carbons (Fsp3) is 0.381. The fourth-order valence-electron chi connectivity index (χ4n) is 3.02. The van der Waals surface area contributed by atoms with Gasteiger partial charge in [0, 0.05) is 6.54 Å². The first kappa shape index (κ1) is 17.5. The average Bonchev–Trinajstić information content (AvgIpc) is 3.00. The van der Waals surface area contributed by atoms with Crippen LogP contribution in [-0.2, 0) is 13.0 Å². The van der Waals surface area contributed by atoms with Gasteiger partial charge in [-0.1, -0.05) is 12.1 Å². The van der Waals surface area contributed by atoms with E-state index in [0.717, 1.165) is 43.7 Å². The molecule has 0 amide bonds. The van der Waals surface area contributed by atoms with Crippen LogP contribution in [0.5, 0.6) is 5.75 Å². The second-order valence-corrected chi connectivity index (χ2v) is 6.56. The Bertz CT molecular complexity index is 821. The summed E-state index contributed by atoms with van der Waals surface area (Å²) in [6, 6.07) is 12.7. The van der Waals surface area contributed by atoms with Crippen LogP contribution in [0.3, 0.4) is 0 Å². The van der Waals surface area contributed by atoms with Gasteiger partial charge in [0.2, 0.25) is 0 Å². The van der Waals surface area contributed by atoms with E-state index in [0.29, 0.717) is 0 Å². The summed E-state index contributed by atoms with van der Waals surface area (Å²) < 4.78 is 7.44. The SMILES string of the molecule is COc1ccc(CCNCCCn2cnc3cc(C)c(C)cc32)cc1. The molecule has 1 aromatic heterocycles. The molecular formula is C21H27N3O. The minimum Gasteiger partial charge on any atom is -0.497 e. The van der Waals surface area contributed by atoms with Gasteiger partial charge in [-0.2, -0.15) is 0 Å². The molecular weight excluding hydrogens is 310 g/mol. The molecule has 0 aliphatic rings. The first-order valence-electron chi connectivity index (χ1n) is 8.93. The Morgan fingerprint density at radius 1 is 1.04 bits per heavy atom. The Kier molecular flexibility index (Phi) is 5.71. The van der Waals surface area contributed by atoms with Gasteiger partial charge in [0.05, 0.1) is 24.5 Å². The zero-order chi connectivity index (χ0) is 17.6. The Morgan fingerprint density at radius 2 is 1.80 bits per heavy atom. The quantitative estimate of drug-likeness (QED) is 0.634. The van der Waals surface area contributed by atoms with E-state index < -0.39 is 0 Å². The van der Waals surface area contributed by atoms with Gasteiger partial charge in [-0.15, -0.1) is 0 Å². The number of imidazole rings is 1. The summed E-state index contributed by atoms with van der Waals surface area (Å²) in [6.07, 6.45) is 4.10. The number of ether oxygens (including phenoxy) is 1. The number of aromatic nitrogens is 2. The fourth-order valence-corrected chi connectivity index (χ4v) is 3.02. The molecule has 0 aliphatic carbocycles. The molecule has 132 valence electrons. The zero-order valence-electron chi connectivity index (χ0n) is 15.4. The molecule has 0 radical (unpaired) electrons. The van der Waals surface area contributed by atoms with Crippen LogP contribution in [0.4, 0.5) is 0 Å². The molecule has 4 nitrogen and oxygen atoms in total. The molecule has 0 spiro atoms. The lowest BCUT2D eigenvalue weighted by Crippen LogP contribution is -2.19. The van der Waals surface area contributed by atoms with Crippen molar-refractivity contribution in [3.8, 4) is 5.75 Å². The van der Waals surface area contributed by atoms with Crippen LogP contribution < -0.4 is 10.1 Å². The van der Waals surface area contributed by atoms with Gasteiger partial charge in [0.1, 0.15) is 5.75 Å². The molecule has 1 heterocycles. The predicted octanol–water partition coefficient (Wildman–Crippen LogP) is 3.88. The third-order valence-corrected chi connectivity index (χ3v) is 4.74. The number of nitrogens with one attached hydrogen (secondary N) is 1. The van der Waals surface area contributed by atoms with Gasteiger partial charge in [-0.3, -0.25) is 0 Å². The maximum absolute atomic E-state index is 5.18. The average molecular weight is 337 g/mol. The molecule has 3 rings (SSSR count). The molecule has 0 saturated carbocycles. The molecule has 0 aliphatic heterocycles. The van der Waals surface area contributed by atoms with Crippen LogP contribution in [0.1, 0.15) is 23.1 Å². The molecule has 0 unspecified atom stereocenters. The maximum Gasteiger partial charge on any atom is 0.118 e. The second kappa shape index (κ2) is 8.17. The van der Waals surface area contributed by atoms with E-state index in [4.69, 9.17) is 4.74 Å². The summed E-state index contributed by atoms with van der Waals surface area (Å²) >= 11 is 0. The summed E-state index contributed by atoms with van der Waals surface area (Å²) in [6.45, 7) is 7.30.